The van der Waals surface area contributed by atoms with Crippen molar-refractivity contribution in [1.29, 1.82) is 0 Å². The highest BCUT2D eigenvalue weighted by Gasteiger charge is 2.44. The first-order chi connectivity index (χ1) is 31.8. The largest absolute Gasteiger partial charge is 0.394 e. The lowest BCUT2D eigenvalue weighted by Crippen LogP contribution is -2.60. The molecule has 0 bridgehead atoms. The van der Waals surface area contributed by atoms with E-state index in [1.807, 2.05) is 6.08 Å². The third-order valence-electron chi connectivity index (χ3n) is 12.9. The van der Waals surface area contributed by atoms with Crippen molar-refractivity contribution >= 4 is 5.91 Å². The van der Waals surface area contributed by atoms with Gasteiger partial charge in [0.1, 0.15) is 24.4 Å². The van der Waals surface area contributed by atoms with Crippen molar-refractivity contribution < 1.29 is 39.8 Å². The van der Waals surface area contributed by atoms with Crippen molar-refractivity contribution in [1.82, 2.24) is 5.32 Å². The van der Waals surface area contributed by atoms with Gasteiger partial charge in [-0.3, -0.25) is 4.79 Å². The first-order valence-electron chi connectivity index (χ1n) is 27.4. The standard InChI is InChI=1S/C56H103NO8/c1-3-5-7-9-11-13-15-17-18-19-20-21-22-23-24-25-26-27-28-29-30-31-32-33-34-35-37-39-41-43-45-50(59)49(48-64-56-55(63)54(62)53(61)51(47-58)65-56)57-52(60)46-44-42-40-38-36-16-14-12-10-8-6-4-2/h12,14,31-32,35,37,43,45,49-51,53-56,58-59,61-63H,3-11,13,15-30,33-34,36,38-42,44,46-48H2,1-2H3,(H,57,60)/b14-12-,32-31+,37-35+,45-43+. The minimum absolute atomic E-state index is 0.201. The quantitative estimate of drug-likeness (QED) is 0.0261. The summed E-state index contributed by atoms with van der Waals surface area (Å²) in [5.41, 5.74) is 0. The predicted octanol–water partition coefficient (Wildman–Crippen LogP) is 13.0. The van der Waals surface area contributed by atoms with Crippen LogP contribution in [-0.2, 0) is 14.3 Å². The normalized spacial score (nSPS) is 20.3. The van der Waals surface area contributed by atoms with E-state index in [0.717, 1.165) is 70.6 Å². The first kappa shape index (κ1) is 61.2. The Labute approximate surface area is 399 Å². The van der Waals surface area contributed by atoms with Gasteiger partial charge in [-0.15, -0.1) is 0 Å². The van der Waals surface area contributed by atoms with Crippen molar-refractivity contribution in [2.24, 2.45) is 0 Å². The summed E-state index contributed by atoms with van der Waals surface area (Å²) in [5.74, 6) is -0.201. The van der Waals surface area contributed by atoms with E-state index in [2.05, 4.69) is 55.6 Å². The number of aliphatic hydroxyl groups is 5. The molecule has 0 aromatic carbocycles. The molecule has 0 aromatic rings. The number of amides is 1. The minimum Gasteiger partial charge on any atom is -0.394 e. The zero-order chi connectivity index (χ0) is 47.3. The summed E-state index contributed by atoms with van der Waals surface area (Å²) in [7, 11) is 0. The van der Waals surface area contributed by atoms with Gasteiger partial charge in [0, 0.05) is 6.42 Å². The Balaban J connectivity index is 2.22. The molecule has 0 radical (unpaired) electrons. The average molecular weight is 918 g/mol. The molecule has 1 rings (SSSR count). The Morgan fingerprint density at radius 2 is 0.877 bits per heavy atom. The molecule has 1 saturated heterocycles. The molecule has 6 N–H and O–H groups in total. The molecule has 0 saturated carbocycles. The van der Waals surface area contributed by atoms with Crippen LogP contribution >= 0.6 is 0 Å². The SMILES string of the molecule is CCCCC/C=C\CCCCCCCC(=O)NC(COC1OC(CO)C(O)C(O)C1O)C(O)/C=C/CC/C=C/CC/C=C/CCCCCCCCCCCCCCCCCCCCCC. The predicted molar refractivity (Wildman–Crippen MR) is 272 cm³/mol. The van der Waals surface area contributed by atoms with Gasteiger partial charge in [-0.25, -0.2) is 0 Å². The molecule has 7 atom stereocenters. The number of carbonyl (C=O) groups is 1. The number of unbranched alkanes of at least 4 members (excludes halogenated alkanes) is 30. The van der Waals surface area contributed by atoms with E-state index in [4.69, 9.17) is 9.47 Å². The Morgan fingerprint density at radius 1 is 0.508 bits per heavy atom. The summed E-state index contributed by atoms with van der Waals surface area (Å²) < 4.78 is 11.2. The van der Waals surface area contributed by atoms with Gasteiger partial charge in [0.2, 0.25) is 5.91 Å². The van der Waals surface area contributed by atoms with Gasteiger partial charge in [0.15, 0.2) is 6.29 Å². The smallest absolute Gasteiger partial charge is 0.220 e. The highest BCUT2D eigenvalue weighted by Crippen LogP contribution is 2.23. The van der Waals surface area contributed by atoms with E-state index in [-0.39, 0.29) is 12.5 Å². The monoisotopic (exact) mass is 918 g/mol. The second-order valence-corrected chi connectivity index (χ2v) is 19.0. The van der Waals surface area contributed by atoms with E-state index < -0.39 is 49.5 Å². The van der Waals surface area contributed by atoms with Crippen molar-refractivity contribution in [2.45, 2.75) is 288 Å². The number of aliphatic hydroxyl groups excluding tert-OH is 5. The number of hydrogen-bond acceptors (Lipinski definition) is 8. The topological polar surface area (TPSA) is 149 Å². The molecule has 1 aliphatic heterocycles. The van der Waals surface area contributed by atoms with E-state index in [1.165, 1.54) is 154 Å². The molecule has 7 unspecified atom stereocenters. The minimum atomic E-state index is -1.58. The average Bonchev–Trinajstić information content (AvgIpc) is 3.31. The summed E-state index contributed by atoms with van der Waals surface area (Å²) in [4.78, 5) is 12.9. The molecule has 380 valence electrons. The van der Waals surface area contributed by atoms with Gasteiger partial charge in [0.05, 0.1) is 25.4 Å². The fourth-order valence-corrected chi connectivity index (χ4v) is 8.48. The zero-order valence-corrected chi connectivity index (χ0v) is 42.0. The van der Waals surface area contributed by atoms with Crippen LogP contribution < -0.4 is 5.32 Å². The second kappa shape index (κ2) is 45.9. The van der Waals surface area contributed by atoms with Crippen LogP contribution in [0.4, 0.5) is 0 Å². The maximum absolute atomic E-state index is 12.9. The number of rotatable bonds is 46. The van der Waals surface area contributed by atoms with Crippen LogP contribution in [0.2, 0.25) is 0 Å². The lowest BCUT2D eigenvalue weighted by atomic mass is 9.99. The van der Waals surface area contributed by atoms with Crippen molar-refractivity contribution in [3.05, 3.63) is 48.6 Å². The summed E-state index contributed by atoms with van der Waals surface area (Å²) >= 11 is 0. The van der Waals surface area contributed by atoms with Crippen LogP contribution in [-0.4, -0.2) is 87.5 Å². The summed E-state index contributed by atoms with van der Waals surface area (Å²) in [6.07, 6.45) is 53.4. The van der Waals surface area contributed by atoms with Crippen LogP contribution in [0.3, 0.4) is 0 Å². The Kier molecular flexibility index (Phi) is 43.2. The maximum Gasteiger partial charge on any atom is 0.220 e. The summed E-state index contributed by atoms with van der Waals surface area (Å²) in [5, 5.41) is 54.3. The molecule has 1 aliphatic rings. The fraction of sp³-hybridized carbons (Fsp3) is 0.839. The van der Waals surface area contributed by atoms with E-state index in [0.29, 0.717) is 6.42 Å². The van der Waals surface area contributed by atoms with Crippen LogP contribution in [0.1, 0.15) is 245 Å². The van der Waals surface area contributed by atoms with Crippen molar-refractivity contribution in [2.75, 3.05) is 13.2 Å². The summed E-state index contributed by atoms with van der Waals surface area (Å²) in [6, 6.07) is -0.832. The molecule has 65 heavy (non-hydrogen) atoms. The highest BCUT2D eigenvalue weighted by molar-refractivity contribution is 5.76. The molecular weight excluding hydrogens is 815 g/mol. The molecule has 9 heteroatoms. The summed E-state index contributed by atoms with van der Waals surface area (Å²) in [6.45, 7) is 3.73. The molecular formula is C56H103NO8. The Hall–Kier alpha value is -1.85. The Morgan fingerprint density at radius 3 is 1.32 bits per heavy atom. The molecule has 9 nitrogen and oxygen atoms in total. The third-order valence-corrected chi connectivity index (χ3v) is 12.9. The van der Waals surface area contributed by atoms with Gasteiger partial charge in [-0.05, 0) is 70.6 Å². The molecule has 0 aliphatic carbocycles. The molecule has 1 fully saturated rings. The van der Waals surface area contributed by atoms with Crippen molar-refractivity contribution in [3.8, 4) is 0 Å². The van der Waals surface area contributed by atoms with Gasteiger partial charge >= 0.3 is 0 Å². The van der Waals surface area contributed by atoms with Crippen LogP contribution in [0.5, 0.6) is 0 Å². The molecule has 1 amide bonds. The first-order valence-corrected chi connectivity index (χ1v) is 27.4. The van der Waals surface area contributed by atoms with Crippen molar-refractivity contribution in [3.63, 3.8) is 0 Å². The zero-order valence-electron chi connectivity index (χ0n) is 42.0. The van der Waals surface area contributed by atoms with Crippen LogP contribution in [0, 0.1) is 0 Å². The number of ether oxygens (including phenoxy) is 2. The molecule has 0 aromatic heterocycles. The third kappa shape index (κ3) is 35.9. The molecule has 0 spiro atoms. The lowest BCUT2D eigenvalue weighted by molar-refractivity contribution is -0.302. The highest BCUT2D eigenvalue weighted by atomic mass is 16.7. The van der Waals surface area contributed by atoms with Gasteiger partial charge < -0.3 is 40.3 Å². The van der Waals surface area contributed by atoms with E-state index in [1.54, 1.807) is 6.08 Å². The van der Waals surface area contributed by atoms with E-state index >= 15 is 0 Å². The second-order valence-electron chi connectivity index (χ2n) is 19.0. The molecule has 1 heterocycles. The van der Waals surface area contributed by atoms with Gasteiger partial charge in [-0.2, -0.15) is 0 Å². The number of allylic oxidation sites excluding steroid dienone is 7. The van der Waals surface area contributed by atoms with Gasteiger partial charge in [0.25, 0.3) is 0 Å². The number of carbonyl (C=O) groups excluding carboxylic acids is 1. The maximum atomic E-state index is 12.9. The number of nitrogens with one attached hydrogen (secondary N) is 1. The van der Waals surface area contributed by atoms with Crippen LogP contribution in [0.15, 0.2) is 48.6 Å². The fourth-order valence-electron chi connectivity index (χ4n) is 8.48. The van der Waals surface area contributed by atoms with Crippen LogP contribution in [0.25, 0.3) is 0 Å². The Bertz CT molecular complexity index is 1160. The van der Waals surface area contributed by atoms with Gasteiger partial charge in [-0.1, -0.05) is 217 Å². The number of hydrogen-bond donors (Lipinski definition) is 6. The van der Waals surface area contributed by atoms with E-state index in [9.17, 15) is 30.3 Å². The lowest BCUT2D eigenvalue weighted by Gasteiger charge is -2.40.